The number of aliphatic hydroxyl groups is 1. The third kappa shape index (κ3) is 7.10. The zero-order valence-electron chi connectivity index (χ0n) is 17.9. The second-order valence-electron chi connectivity index (χ2n) is 7.33. The Hall–Kier alpha value is -2.78. The zero-order valence-corrected chi connectivity index (χ0v) is 19.4. The van der Waals surface area contributed by atoms with Crippen molar-refractivity contribution in [2.24, 2.45) is 0 Å². The van der Waals surface area contributed by atoms with Crippen molar-refractivity contribution in [3.63, 3.8) is 0 Å². The Morgan fingerprint density at radius 1 is 1.12 bits per heavy atom. The van der Waals surface area contributed by atoms with Gasteiger partial charge in [-0.05, 0) is 29.8 Å². The van der Waals surface area contributed by atoms with Crippen LogP contribution in [0.4, 0.5) is 10.5 Å². The van der Waals surface area contributed by atoms with Crippen LogP contribution in [0.1, 0.15) is 12.0 Å². The molecule has 0 fully saturated rings. The number of para-hydroxylation sites is 2. The standard InChI is InChI=1S/C23H25Cl2N3O5/c1-32-20-5-3-2-4-18(20)27-23(31)28-19-9-7-15(33-21(19)13-29)11-22(30)26-12-14-6-8-16(24)17(25)10-14/h2-10,15,19,21,29H,11-13H2,1H3,(H,26,30)(H2,27,28,31)/t15-,19+,21-/m1/s1. The Bertz CT molecular complexity index is 1020. The molecule has 1 heterocycles. The van der Waals surface area contributed by atoms with Crippen molar-refractivity contribution < 1.29 is 24.2 Å². The lowest BCUT2D eigenvalue weighted by atomic mass is 10.0. The summed E-state index contributed by atoms with van der Waals surface area (Å²) >= 11 is 11.9. The van der Waals surface area contributed by atoms with E-state index >= 15 is 0 Å². The molecule has 0 saturated carbocycles. The van der Waals surface area contributed by atoms with Crippen molar-refractivity contribution in [3.05, 3.63) is 70.2 Å². The molecule has 3 rings (SSSR count). The number of methoxy groups -OCH3 is 1. The van der Waals surface area contributed by atoms with Crippen molar-refractivity contribution in [2.45, 2.75) is 31.2 Å². The number of anilines is 1. The van der Waals surface area contributed by atoms with E-state index in [0.29, 0.717) is 28.0 Å². The number of urea groups is 1. The van der Waals surface area contributed by atoms with Crippen molar-refractivity contribution in [1.82, 2.24) is 10.6 Å². The highest BCUT2D eigenvalue weighted by molar-refractivity contribution is 6.42. The first-order chi connectivity index (χ1) is 15.9. The van der Waals surface area contributed by atoms with E-state index < -0.39 is 24.3 Å². The molecule has 3 atom stereocenters. The van der Waals surface area contributed by atoms with Crippen LogP contribution in [0.15, 0.2) is 54.6 Å². The summed E-state index contributed by atoms with van der Waals surface area (Å²) in [5.41, 5.74) is 1.33. The predicted octanol–water partition coefficient (Wildman–Crippen LogP) is 3.51. The van der Waals surface area contributed by atoms with Gasteiger partial charge in [0.15, 0.2) is 0 Å². The third-order valence-electron chi connectivity index (χ3n) is 4.98. The molecule has 8 nitrogen and oxygen atoms in total. The van der Waals surface area contributed by atoms with Crippen LogP contribution in [0.25, 0.3) is 0 Å². The molecule has 0 bridgehead atoms. The van der Waals surface area contributed by atoms with Crippen LogP contribution in [0.3, 0.4) is 0 Å². The van der Waals surface area contributed by atoms with Gasteiger partial charge in [-0.2, -0.15) is 0 Å². The highest BCUT2D eigenvalue weighted by Crippen LogP contribution is 2.24. The average Bonchev–Trinajstić information content (AvgIpc) is 2.81. The Morgan fingerprint density at radius 3 is 2.64 bits per heavy atom. The molecule has 33 heavy (non-hydrogen) atoms. The molecular weight excluding hydrogens is 469 g/mol. The number of halogens is 2. The largest absolute Gasteiger partial charge is 0.495 e. The van der Waals surface area contributed by atoms with Crippen LogP contribution >= 0.6 is 23.2 Å². The smallest absolute Gasteiger partial charge is 0.319 e. The monoisotopic (exact) mass is 493 g/mol. The number of ether oxygens (including phenoxy) is 2. The molecule has 1 aliphatic rings. The van der Waals surface area contributed by atoms with Gasteiger partial charge in [0.2, 0.25) is 5.91 Å². The van der Waals surface area contributed by atoms with Crippen LogP contribution in [0.5, 0.6) is 5.75 Å². The zero-order chi connectivity index (χ0) is 23.8. The highest BCUT2D eigenvalue weighted by Gasteiger charge is 2.29. The number of hydrogen-bond donors (Lipinski definition) is 4. The minimum atomic E-state index is -0.703. The lowest BCUT2D eigenvalue weighted by Crippen LogP contribution is -2.50. The number of benzene rings is 2. The minimum Gasteiger partial charge on any atom is -0.495 e. The Kier molecular flexibility index (Phi) is 8.96. The molecule has 1 aliphatic heterocycles. The van der Waals surface area contributed by atoms with Crippen molar-refractivity contribution in [1.29, 1.82) is 0 Å². The molecule has 10 heteroatoms. The van der Waals surface area contributed by atoms with Crippen molar-refractivity contribution in [3.8, 4) is 5.75 Å². The van der Waals surface area contributed by atoms with E-state index in [0.717, 1.165) is 5.56 Å². The van der Waals surface area contributed by atoms with Crippen LogP contribution in [0, 0.1) is 0 Å². The van der Waals surface area contributed by atoms with Crippen LogP contribution in [-0.4, -0.2) is 49.0 Å². The summed E-state index contributed by atoms with van der Waals surface area (Å²) in [5, 5.41) is 18.8. The summed E-state index contributed by atoms with van der Waals surface area (Å²) in [6.07, 6.45) is 2.23. The summed E-state index contributed by atoms with van der Waals surface area (Å²) < 4.78 is 11.0. The topological polar surface area (TPSA) is 109 Å². The van der Waals surface area contributed by atoms with Gasteiger partial charge in [-0.25, -0.2) is 4.79 Å². The first-order valence-corrected chi connectivity index (χ1v) is 11.0. The summed E-state index contributed by atoms with van der Waals surface area (Å²) in [6, 6.07) is 11.1. The maximum absolute atomic E-state index is 12.4. The summed E-state index contributed by atoms with van der Waals surface area (Å²) in [7, 11) is 1.51. The van der Waals surface area contributed by atoms with Crippen LogP contribution in [-0.2, 0) is 16.1 Å². The van der Waals surface area contributed by atoms with E-state index in [4.69, 9.17) is 32.7 Å². The molecule has 0 aliphatic carbocycles. The van der Waals surface area contributed by atoms with Gasteiger partial charge in [-0.15, -0.1) is 0 Å². The van der Waals surface area contributed by atoms with E-state index in [2.05, 4.69) is 16.0 Å². The fourth-order valence-corrected chi connectivity index (χ4v) is 3.62. The molecule has 2 aromatic carbocycles. The van der Waals surface area contributed by atoms with Crippen LogP contribution in [0.2, 0.25) is 10.0 Å². The van der Waals surface area contributed by atoms with Gasteiger partial charge in [0.05, 0.1) is 48.0 Å². The number of carbonyl (C=O) groups excluding carboxylic acids is 2. The van der Waals surface area contributed by atoms with E-state index in [-0.39, 0.29) is 18.9 Å². The van der Waals surface area contributed by atoms with Gasteiger partial charge in [0.25, 0.3) is 0 Å². The lowest BCUT2D eigenvalue weighted by molar-refractivity contribution is -0.125. The fraction of sp³-hybridized carbons (Fsp3) is 0.304. The molecule has 2 aromatic rings. The molecule has 0 aromatic heterocycles. The molecule has 0 saturated heterocycles. The molecule has 176 valence electrons. The van der Waals surface area contributed by atoms with Gasteiger partial charge in [0, 0.05) is 6.54 Å². The van der Waals surface area contributed by atoms with Gasteiger partial charge >= 0.3 is 6.03 Å². The highest BCUT2D eigenvalue weighted by atomic mass is 35.5. The second-order valence-corrected chi connectivity index (χ2v) is 8.15. The Labute approximate surface area is 201 Å². The predicted molar refractivity (Wildman–Crippen MR) is 127 cm³/mol. The van der Waals surface area contributed by atoms with E-state index in [1.165, 1.54) is 7.11 Å². The second kappa shape index (κ2) is 11.9. The summed E-state index contributed by atoms with van der Waals surface area (Å²) in [5.74, 6) is 0.293. The maximum atomic E-state index is 12.4. The SMILES string of the molecule is COc1ccccc1NC(=O)N[C@H]1C=C[C@H](CC(=O)NCc2ccc(Cl)c(Cl)c2)O[C@@H]1CO. The fourth-order valence-electron chi connectivity index (χ4n) is 3.30. The molecule has 0 spiro atoms. The third-order valence-corrected chi connectivity index (χ3v) is 5.72. The van der Waals surface area contributed by atoms with Gasteiger partial charge in [-0.3, -0.25) is 4.79 Å². The molecule has 3 amide bonds. The number of hydrogen-bond acceptors (Lipinski definition) is 5. The molecular formula is C23H25Cl2N3O5. The number of aliphatic hydroxyl groups excluding tert-OH is 1. The molecule has 4 N–H and O–H groups in total. The summed E-state index contributed by atoms with van der Waals surface area (Å²) in [4.78, 5) is 24.7. The van der Waals surface area contributed by atoms with Crippen LogP contribution < -0.4 is 20.7 Å². The number of amides is 3. The first kappa shape index (κ1) is 24.9. The van der Waals surface area contributed by atoms with Gasteiger partial charge in [0.1, 0.15) is 11.9 Å². The average molecular weight is 494 g/mol. The van der Waals surface area contributed by atoms with Crippen molar-refractivity contribution in [2.75, 3.05) is 19.0 Å². The number of nitrogens with one attached hydrogen (secondary N) is 3. The molecule has 0 unspecified atom stereocenters. The number of carbonyl (C=O) groups is 2. The van der Waals surface area contributed by atoms with E-state index in [9.17, 15) is 14.7 Å². The van der Waals surface area contributed by atoms with E-state index in [1.807, 2.05) is 0 Å². The van der Waals surface area contributed by atoms with E-state index in [1.54, 1.807) is 54.6 Å². The maximum Gasteiger partial charge on any atom is 0.319 e. The van der Waals surface area contributed by atoms with Crippen molar-refractivity contribution >= 4 is 40.8 Å². The quantitative estimate of drug-likeness (QED) is 0.420. The minimum absolute atomic E-state index is 0.0639. The normalized spacial score (nSPS) is 19.6. The van der Waals surface area contributed by atoms with Gasteiger partial charge in [-0.1, -0.05) is 53.6 Å². The van der Waals surface area contributed by atoms with Gasteiger partial charge < -0.3 is 30.5 Å². The first-order valence-electron chi connectivity index (χ1n) is 10.3. The molecule has 0 radical (unpaired) electrons. The Balaban J connectivity index is 1.51. The lowest BCUT2D eigenvalue weighted by Gasteiger charge is -2.31. The Morgan fingerprint density at radius 2 is 1.91 bits per heavy atom. The number of rotatable bonds is 8. The summed E-state index contributed by atoms with van der Waals surface area (Å²) in [6.45, 7) is -0.0335.